The fraction of sp³-hybridized carbons (Fsp3) is 0.867. The minimum atomic E-state index is -1.17. The summed E-state index contributed by atoms with van der Waals surface area (Å²) in [6.45, 7) is 7.42. The van der Waals surface area contributed by atoms with Crippen LogP contribution in [-0.2, 0) is 0 Å². The Balaban J connectivity index is 1.46. The van der Waals surface area contributed by atoms with Crippen LogP contribution in [0.25, 0.3) is 0 Å². The number of hydrogen-bond donors (Lipinski definition) is 4. The first-order chi connectivity index (χ1) is 18.1. The highest BCUT2D eigenvalue weighted by atomic mass is 19.1. The van der Waals surface area contributed by atoms with Crippen molar-refractivity contribution in [1.29, 1.82) is 0 Å². The van der Waals surface area contributed by atoms with Gasteiger partial charge < -0.3 is 20.7 Å². The van der Waals surface area contributed by atoms with E-state index >= 15 is 0 Å². The maximum absolute atomic E-state index is 14.2. The molecule has 6 nitrogen and oxygen atoms in total. The maximum Gasteiger partial charge on any atom is 0.269 e. The molecule has 4 N–H and O–H groups in total. The number of rotatable bonds is 9. The maximum atomic E-state index is 14.2. The van der Waals surface area contributed by atoms with E-state index in [4.69, 9.17) is 0 Å². The minimum Gasteiger partial charge on any atom is -0.390 e. The summed E-state index contributed by atoms with van der Waals surface area (Å²) in [7, 11) is 0. The van der Waals surface area contributed by atoms with Crippen LogP contribution >= 0.6 is 0 Å². The van der Waals surface area contributed by atoms with E-state index in [0.717, 1.165) is 12.8 Å². The summed E-state index contributed by atoms with van der Waals surface area (Å²) in [5.74, 6) is 0.694. The number of aromatic nitrogens is 2. The number of alkyl halides is 2. The van der Waals surface area contributed by atoms with E-state index in [1.807, 2.05) is 0 Å². The molecule has 0 saturated heterocycles. The monoisotopic (exact) mass is 536 g/mol. The van der Waals surface area contributed by atoms with Crippen molar-refractivity contribution >= 4 is 5.91 Å². The van der Waals surface area contributed by atoms with Crippen LogP contribution < -0.4 is 10.6 Å². The highest BCUT2D eigenvalue weighted by Crippen LogP contribution is 2.47. The summed E-state index contributed by atoms with van der Waals surface area (Å²) in [5, 5.41) is 18.3. The topological polar surface area (TPSA) is 90.0 Å². The number of aliphatic hydroxyl groups excluding tert-OH is 1. The van der Waals surface area contributed by atoms with Gasteiger partial charge in [-0.05, 0) is 74.5 Å². The van der Waals surface area contributed by atoms with Crippen molar-refractivity contribution in [1.82, 2.24) is 20.6 Å². The Morgan fingerprint density at radius 3 is 2.45 bits per heavy atom. The number of H-pyrrole nitrogens is 1. The Morgan fingerprint density at radius 1 is 1.11 bits per heavy atom. The molecule has 0 aromatic carbocycles. The number of hydrogen-bond acceptors (Lipinski definition) is 4. The normalized spacial score (nSPS) is 31.9. The third-order valence-corrected chi connectivity index (χ3v) is 9.89. The van der Waals surface area contributed by atoms with E-state index in [2.05, 4.69) is 41.4 Å². The van der Waals surface area contributed by atoms with E-state index in [-0.39, 0.29) is 36.6 Å². The van der Waals surface area contributed by atoms with Crippen molar-refractivity contribution in [2.24, 2.45) is 23.2 Å². The molecule has 1 aromatic heterocycles. The zero-order valence-electron chi connectivity index (χ0n) is 23.7. The molecule has 3 aliphatic rings. The van der Waals surface area contributed by atoms with Crippen LogP contribution in [-0.4, -0.2) is 57.6 Å². The van der Waals surface area contributed by atoms with Crippen molar-refractivity contribution in [3.05, 3.63) is 18.2 Å². The van der Waals surface area contributed by atoms with E-state index in [0.29, 0.717) is 35.9 Å². The molecule has 216 valence electrons. The molecule has 3 saturated carbocycles. The Hall–Kier alpha value is -1.54. The van der Waals surface area contributed by atoms with Gasteiger partial charge in [0, 0.05) is 18.5 Å². The van der Waals surface area contributed by atoms with Crippen LogP contribution in [0.1, 0.15) is 115 Å². The highest BCUT2D eigenvalue weighted by molar-refractivity contribution is 5.92. The Kier molecular flexibility index (Phi) is 9.88. The number of carbonyl (C=O) groups is 1. The molecule has 6 unspecified atom stereocenters. The number of aromatic amines is 1. The first kappa shape index (κ1) is 29.4. The molecule has 0 spiro atoms. The van der Waals surface area contributed by atoms with Crippen molar-refractivity contribution in [2.75, 3.05) is 6.54 Å². The molecule has 38 heavy (non-hydrogen) atoms. The molecule has 0 radical (unpaired) electrons. The molecule has 8 heteroatoms. The zero-order valence-corrected chi connectivity index (χ0v) is 23.7. The lowest BCUT2D eigenvalue weighted by molar-refractivity contribution is 0.0343. The summed E-state index contributed by atoms with van der Waals surface area (Å²) in [4.78, 5) is 19.6. The van der Waals surface area contributed by atoms with Crippen LogP contribution in [0.2, 0.25) is 0 Å². The Bertz CT molecular complexity index is 858. The molecule has 1 heterocycles. The molecular formula is C30H50F2N4O2. The molecule has 3 aliphatic carbocycles. The van der Waals surface area contributed by atoms with Gasteiger partial charge in [0.1, 0.15) is 18.0 Å². The third-order valence-electron chi connectivity index (χ3n) is 9.89. The van der Waals surface area contributed by atoms with Crippen molar-refractivity contribution in [3.8, 4) is 0 Å². The Morgan fingerprint density at radius 2 is 1.82 bits per heavy atom. The van der Waals surface area contributed by atoms with Gasteiger partial charge in [-0.1, -0.05) is 46.5 Å². The minimum absolute atomic E-state index is 0.00000861. The zero-order chi connectivity index (χ0) is 27.3. The van der Waals surface area contributed by atoms with Gasteiger partial charge in [-0.3, -0.25) is 4.79 Å². The predicted octanol–water partition coefficient (Wildman–Crippen LogP) is 5.88. The summed E-state index contributed by atoms with van der Waals surface area (Å²) >= 11 is 0. The number of halogens is 2. The fourth-order valence-electron chi connectivity index (χ4n) is 7.62. The van der Waals surface area contributed by atoms with Gasteiger partial charge in [-0.25, -0.2) is 13.8 Å². The van der Waals surface area contributed by atoms with Gasteiger partial charge in [0.05, 0.1) is 24.7 Å². The average molecular weight is 537 g/mol. The lowest BCUT2D eigenvalue weighted by atomic mass is 9.61. The highest BCUT2D eigenvalue weighted by Gasteiger charge is 2.44. The average Bonchev–Trinajstić information content (AvgIpc) is 3.42. The van der Waals surface area contributed by atoms with E-state index in [1.54, 1.807) is 0 Å². The lowest BCUT2D eigenvalue weighted by Crippen LogP contribution is -2.58. The van der Waals surface area contributed by atoms with E-state index in [9.17, 15) is 18.7 Å². The van der Waals surface area contributed by atoms with E-state index < -0.39 is 24.5 Å². The van der Waals surface area contributed by atoms with Gasteiger partial charge in [-0.2, -0.15) is 0 Å². The van der Waals surface area contributed by atoms with Crippen LogP contribution in [0.15, 0.2) is 12.5 Å². The van der Waals surface area contributed by atoms with Gasteiger partial charge in [0.25, 0.3) is 5.91 Å². The predicted molar refractivity (Wildman–Crippen MR) is 146 cm³/mol. The third kappa shape index (κ3) is 7.56. The van der Waals surface area contributed by atoms with Crippen LogP contribution in [0.3, 0.4) is 0 Å². The summed E-state index contributed by atoms with van der Waals surface area (Å²) in [6.07, 6.45) is 11.4. The van der Waals surface area contributed by atoms with E-state index in [1.165, 1.54) is 57.5 Å². The number of nitrogens with zero attached hydrogens (tertiary/aromatic N) is 1. The first-order valence-corrected chi connectivity index (χ1v) is 15.1. The molecule has 6 atom stereocenters. The summed E-state index contributed by atoms with van der Waals surface area (Å²) in [5.41, 5.74) is 0.600. The molecule has 3 fully saturated rings. The van der Waals surface area contributed by atoms with Gasteiger partial charge >= 0.3 is 0 Å². The molecule has 0 bridgehead atoms. The second kappa shape index (κ2) is 12.8. The van der Waals surface area contributed by atoms with Crippen LogP contribution in [0.4, 0.5) is 8.78 Å². The second-order valence-electron chi connectivity index (χ2n) is 13.6. The molecule has 0 aliphatic heterocycles. The Labute approximate surface area is 227 Å². The number of aliphatic hydroxyl groups is 1. The fourth-order valence-corrected chi connectivity index (χ4v) is 7.62. The van der Waals surface area contributed by atoms with Crippen LogP contribution in [0.5, 0.6) is 0 Å². The lowest BCUT2D eigenvalue weighted by Gasteiger charge is -2.50. The molecule has 1 aromatic rings. The quantitative estimate of drug-likeness (QED) is 0.317. The SMILES string of the molecule is CC(C)(C)C1CCCC(C2(NCC(O)C(CC3CC(F)CC(F)C3)NC(=O)c3cnc[nH]3)CCCCC2)C1. The number of amides is 1. The molecule has 1 amide bonds. The summed E-state index contributed by atoms with van der Waals surface area (Å²) in [6, 6.07) is -0.602. The van der Waals surface area contributed by atoms with Gasteiger partial charge in [-0.15, -0.1) is 0 Å². The van der Waals surface area contributed by atoms with Crippen LogP contribution in [0, 0.1) is 23.2 Å². The van der Waals surface area contributed by atoms with Gasteiger partial charge in [0.15, 0.2) is 0 Å². The van der Waals surface area contributed by atoms with Crippen molar-refractivity contribution < 1.29 is 18.7 Å². The largest absolute Gasteiger partial charge is 0.390 e. The summed E-state index contributed by atoms with van der Waals surface area (Å²) < 4.78 is 28.3. The first-order valence-electron chi connectivity index (χ1n) is 15.1. The smallest absolute Gasteiger partial charge is 0.269 e. The standard InChI is InChI=1S/C30H50F2N4O2/c1-29(2,3)21-8-7-9-22(15-21)30(10-5-4-6-11-30)35-18-27(37)25(36-28(38)26-17-33-19-34-26)14-20-12-23(31)16-24(32)13-20/h17,19-25,27,35,37H,4-16,18H2,1-3H3,(H,33,34)(H,36,38). The second-order valence-corrected chi connectivity index (χ2v) is 13.6. The molecular weight excluding hydrogens is 486 g/mol. The van der Waals surface area contributed by atoms with Crippen molar-refractivity contribution in [2.45, 2.75) is 134 Å². The number of β-amino-alcohol motifs (C(OH)–C–C–N with tert-alkyl or cyclic N) is 1. The number of nitrogens with one attached hydrogen (secondary N) is 3. The number of carbonyl (C=O) groups excluding carboxylic acids is 1. The van der Waals surface area contributed by atoms with Crippen molar-refractivity contribution in [3.63, 3.8) is 0 Å². The van der Waals surface area contributed by atoms with Gasteiger partial charge in [0.2, 0.25) is 0 Å². The number of imidazole rings is 1. The molecule has 4 rings (SSSR count).